The summed E-state index contributed by atoms with van der Waals surface area (Å²) in [6.07, 6.45) is 0. The zero-order chi connectivity index (χ0) is 12.7. The zero-order valence-corrected chi connectivity index (χ0v) is 11.5. The second-order valence-electron chi connectivity index (χ2n) is 4.33. The van der Waals surface area contributed by atoms with Crippen LogP contribution in [0.2, 0.25) is 0 Å². The van der Waals surface area contributed by atoms with Crippen LogP contribution in [0, 0.1) is 6.92 Å². The van der Waals surface area contributed by atoms with Crippen molar-refractivity contribution in [2.75, 3.05) is 5.73 Å². The van der Waals surface area contributed by atoms with Crippen molar-refractivity contribution in [3.8, 4) is 11.4 Å². The highest BCUT2D eigenvalue weighted by Crippen LogP contribution is 2.26. The summed E-state index contributed by atoms with van der Waals surface area (Å²) in [5.74, 6) is 0.846. The summed E-state index contributed by atoms with van der Waals surface area (Å²) in [7, 11) is 0. The van der Waals surface area contributed by atoms with Gasteiger partial charge >= 0.3 is 0 Å². The number of fused-ring (bicyclic) bond motifs is 1. The standard InChI is InChI=1S/C14H12BrN3/c1-8-5-10(15)7-12-13(8)18-14(17-12)9-3-2-4-11(16)6-9/h2-7H,16H2,1H3,(H,17,18). The van der Waals surface area contributed by atoms with Gasteiger partial charge in [-0.2, -0.15) is 0 Å². The van der Waals surface area contributed by atoms with E-state index in [-0.39, 0.29) is 0 Å². The third-order valence-corrected chi connectivity index (χ3v) is 3.36. The average Bonchev–Trinajstić information content (AvgIpc) is 2.73. The number of nitrogens with one attached hydrogen (secondary N) is 1. The first-order chi connectivity index (χ1) is 8.63. The van der Waals surface area contributed by atoms with Crippen LogP contribution in [-0.2, 0) is 0 Å². The maximum atomic E-state index is 5.80. The van der Waals surface area contributed by atoms with E-state index in [4.69, 9.17) is 5.73 Å². The number of H-pyrrole nitrogens is 1. The fourth-order valence-electron chi connectivity index (χ4n) is 2.07. The minimum absolute atomic E-state index is 0.742. The van der Waals surface area contributed by atoms with Crippen molar-refractivity contribution in [1.29, 1.82) is 0 Å². The quantitative estimate of drug-likeness (QED) is 0.670. The van der Waals surface area contributed by atoms with Crippen LogP contribution in [0.4, 0.5) is 5.69 Å². The van der Waals surface area contributed by atoms with E-state index in [2.05, 4.69) is 38.9 Å². The SMILES string of the molecule is Cc1cc(Br)cc2[nH]c(-c3cccc(N)c3)nc12. The van der Waals surface area contributed by atoms with E-state index < -0.39 is 0 Å². The molecule has 4 heteroatoms. The Balaban J connectivity index is 2.22. The van der Waals surface area contributed by atoms with Crippen LogP contribution in [-0.4, -0.2) is 9.97 Å². The number of nitrogens with two attached hydrogens (primary N) is 1. The van der Waals surface area contributed by atoms with Crippen LogP contribution >= 0.6 is 15.9 Å². The number of nitrogen functional groups attached to an aromatic ring is 1. The molecule has 3 aromatic rings. The van der Waals surface area contributed by atoms with Crippen molar-refractivity contribution in [2.24, 2.45) is 0 Å². The summed E-state index contributed by atoms with van der Waals surface area (Å²) >= 11 is 3.49. The number of aryl methyl sites for hydroxylation is 1. The summed E-state index contributed by atoms with van der Waals surface area (Å²) in [5.41, 5.74) is 10.7. The summed E-state index contributed by atoms with van der Waals surface area (Å²) in [5, 5.41) is 0. The fourth-order valence-corrected chi connectivity index (χ4v) is 2.64. The molecular weight excluding hydrogens is 290 g/mol. The van der Waals surface area contributed by atoms with Crippen molar-refractivity contribution >= 4 is 32.7 Å². The number of hydrogen-bond acceptors (Lipinski definition) is 2. The van der Waals surface area contributed by atoms with E-state index in [1.165, 1.54) is 0 Å². The lowest BCUT2D eigenvalue weighted by atomic mass is 10.2. The van der Waals surface area contributed by atoms with Gasteiger partial charge in [0.15, 0.2) is 0 Å². The number of imidazole rings is 1. The predicted molar refractivity (Wildman–Crippen MR) is 78.4 cm³/mol. The highest BCUT2D eigenvalue weighted by Gasteiger charge is 2.08. The van der Waals surface area contributed by atoms with E-state index >= 15 is 0 Å². The molecule has 0 saturated carbocycles. The third-order valence-electron chi connectivity index (χ3n) is 2.90. The summed E-state index contributed by atoms with van der Waals surface area (Å²) in [4.78, 5) is 7.96. The van der Waals surface area contributed by atoms with E-state index in [0.29, 0.717) is 0 Å². The zero-order valence-electron chi connectivity index (χ0n) is 9.87. The van der Waals surface area contributed by atoms with Gasteiger partial charge < -0.3 is 10.7 Å². The van der Waals surface area contributed by atoms with E-state index in [1.807, 2.05) is 30.3 Å². The Labute approximate surface area is 113 Å². The first-order valence-electron chi connectivity index (χ1n) is 5.65. The second kappa shape index (κ2) is 4.14. The first-order valence-corrected chi connectivity index (χ1v) is 6.44. The normalized spacial score (nSPS) is 11.0. The number of anilines is 1. The Morgan fingerprint density at radius 1 is 1.22 bits per heavy atom. The molecule has 3 N–H and O–H groups in total. The topological polar surface area (TPSA) is 54.7 Å². The fraction of sp³-hybridized carbons (Fsp3) is 0.0714. The number of rotatable bonds is 1. The highest BCUT2D eigenvalue weighted by molar-refractivity contribution is 9.10. The van der Waals surface area contributed by atoms with Crippen LogP contribution in [0.5, 0.6) is 0 Å². The Morgan fingerprint density at radius 2 is 2.06 bits per heavy atom. The van der Waals surface area contributed by atoms with Gasteiger partial charge in [0.1, 0.15) is 5.82 Å². The van der Waals surface area contributed by atoms with Gasteiger partial charge in [0.25, 0.3) is 0 Å². The van der Waals surface area contributed by atoms with Gasteiger partial charge in [-0.15, -0.1) is 0 Å². The van der Waals surface area contributed by atoms with Gasteiger partial charge in [0, 0.05) is 15.7 Å². The molecule has 0 spiro atoms. The van der Waals surface area contributed by atoms with Crippen LogP contribution in [0.3, 0.4) is 0 Å². The molecule has 0 aliphatic heterocycles. The maximum Gasteiger partial charge on any atom is 0.138 e. The maximum absolute atomic E-state index is 5.80. The minimum atomic E-state index is 0.742. The lowest BCUT2D eigenvalue weighted by Gasteiger charge is -1.97. The molecule has 0 saturated heterocycles. The first kappa shape index (κ1) is 11.3. The number of halogens is 1. The Kier molecular flexibility index (Phi) is 2.59. The number of nitrogens with zero attached hydrogens (tertiary/aromatic N) is 1. The summed E-state index contributed by atoms with van der Waals surface area (Å²) < 4.78 is 1.05. The number of aromatic amines is 1. The number of aromatic nitrogens is 2. The van der Waals surface area contributed by atoms with Crippen LogP contribution in [0.15, 0.2) is 40.9 Å². The molecule has 0 aliphatic rings. The van der Waals surface area contributed by atoms with Gasteiger partial charge in [-0.05, 0) is 36.8 Å². The van der Waals surface area contributed by atoms with Crippen molar-refractivity contribution in [3.63, 3.8) is 0 Å². The lowest BCUT2D eigenvalue weighted by Crippen LogP contribution is -1.86. The summed E-state index contributed by atoms with van der Waals surface area (Å²) in [6, 6.07) is 11.8. The van der Waals surface area contributed by atoms with Gasteiger partial charge in [-0.1, -0.05) is 28.1 Å². The minimum Gasteiger partial charge on any atom is -0.399 e. The monoisotopic (exact) mass is 301 g/mol. The molecule has 90 valence electrons. The van der Waals surface area contributed by atoms with Gasteiger partial charge in [0.2, 0.25) is 0 Å². The van der Waals surface area contributed by atoms with Crippen LogP contribution in [0.1, 0.15) is 5.56 Å². The molecular formula is C14H12BrN3. The van der Waals surface area contributed by atoms with Crippen LogP contribution < -0.4 is 5.73 Å². The molecule has 0 atom stereocenters. The second-order valence-corrected chi connectivity index (χ2v) is 5.25. The molecule has 1 heterocycles. The molecule has 3 nitrogen and oxygen atoms in total. The Hall–Kier alpha value is -1.81. The predicted octanol–water partition coefficient (Wildman–Crippen LogP) is 3.88. The average molecular weight is 302 g/mol. The van der Waals surface area contributed by atoms with Crippen molar-refractivity contribution < 1.29 is 0 Å². The molecule has 0 aliphatic carbocycles. The molecule has 3 rings (SSSR count). The van der Waals surface area contributed by atoms with Gasteiger partial charge in [0.05, 0.1) is 11.0 Å². The number of benzene rings is 2. The van der Waals surface area contributed by atoms with Gasteiger partial charge in [-0.25, -0.2) is 4.98 Å². The summed E-state index contributed by atoms with van der Waals surface area (Å²) in [6.45, 7) is 2.05. The molecule has 1 aromatic heterocycles. The number of hydrogen-bond donors (Lipinski definition) is 2. The van der Waals surface area contributed by atoms with Crippen LogP contribution in [0.25, 0.3) is 22.4 Å². The largest absolute Gasteiger partial charge is 0.399 e. The molecule has 18 heavy (non-hydrogen) atoms. The molecule has 0 fully saturated rings. The Bertz CT molecular complexity index is 731. The molecule has 0 unspecified atom stereocenters. The van der Waals surface area contributed by atoms with Crippen molar-refractivity contribution in [2.45, 2.75) is 6.92 Å². The molecule has 0 bridgehead atoms. The molecule has 2 aromatic carbocycles. The van der Waals surface area contributed by atoms with E-state index in [9.17, 15) is 0 Å². The highest BCUT2D eigenvalue weighted by atomic mass is 79.9. The Morgan fingerprint density at radius 3 is 2.83 bits per heavy atom. The smallest absolute Gasteiger partial charge is 0.138 e. The van der Waals surface area contributed by atoms with E-state index in [1.54, 1.807) is 0 Å². The lowest BCUT2D eigenvalue weighted by molar-refractivity contribution is 1.33. The van der Waals surface area contributed by atoms with Crippen molar-refractivity contribution in [1.82, 2.24) is 9.97 Å². The molecule has 0 amide bonds. The van der Waals surface area contributed by atoms with Crippen molar-refractivity contribution in [3.05, 3.63) is 46.4 Å². The van der Waals surface area contributed by atoms with Gasteiger partial charge in [-0.3, -0.25) is 0 Å². The third kappa shape index (κ3) is 1.88. The molecule has 0 radical (unpaired) electrons. The van der Waals surface area contributed by atoms with E-state index in [0.717, 1.165) is 38.1 Å².